The summed E-state index contributed by atoms with van der Waals surface area (Å²) in [6, 6.07) is 0. The van der Waals surface area contributed by atoms with Crippen LogP contribution in [0.15, 0.2) is 48.6 Å². The van der Waals surface area contributed by atoms with Crippen LogP contribution in [0.4, 0.5) is 0 Å². The molecule has 0 bridgehead atoms. The molecule has 0 rings (SSSR count). The van der Waals surface area contributed by atoms with Gasteiger partial charge in [0.1, 0.15) is 13.2 Å². The quantitative estimate of drug-likeness (QED) is 0.0262. The molecule has 0 saturated carbocycles. The Labute approximate surface area is 390 Å². The number of ether oxygens (including phenoxy) is 3. The third-order valence-electron chi connectivity index (χ3n) is 11.8. The fourth-order valence-corrected chi connectivity index (χ4v) is 7.69. The van der Waals surface area contributed by atoms with Gasteiger partial charge in [0.05, 0.1) is 0 Å². The van der Waals surface area contributed by atoms with Crippen molar-refractivity contribution in [1.29, 1.82) is 0 Å². The lowest BCUT2D eigenvalue weighted by Gasteiger charge is -2.18. The average Bonchev–Trinajstić information content (AvgIpc) is 3.28. The molecule has 0 saturated heterocycles. The van der Waals surface area contributed by atoms with E-state index in [4.69, 9.17) is 14.2 Å². The van der Waals surface area contributed by atoms with Crippen LogP contribution in [0.5, 0.6) is 0 Å². The van der Waals surface area contributed by atoms with Crippen molar-refractivity contribution in [3.8, 4) is 0 Å². The van der Waals surface area contributed by atoms with Gasteiger partial charge in [-0.15, -0.1) is 0 Å². The zero-order valence-electron chi connectivity index (χ0n) is 41.8. The number of allylic oxidation sites excluding steroid dienone is 8. The van der Waals surface area contributed by atoms with Gasteiger partial charge in [-0.05, 0) is 77.0 Å². The first-order chi connectivity index (χ1) is 31.0. The van der Waals surface area contributed by atoms with Gasteiger partial charge in [-0.25, -0.2) is 0 Å². The molecular weight excluding hydrogens is 781 g/mol. The molecule has 0 aliphatic heterocycles. The summed E-state index contributed by atoms with van der Waals surface area (Å²) < 4.78 is 16.8. The third-order valence-corrected chi connectivity index (χ3v) is 11.8. The Bertz CT molecular complexity index is 1110. The summed E-state index contributed by atoms with van der Waals surface area (Å²) in [5.41, 5.74) is 0. The maximum atomic E-state index is 12.8. The van der Waals surface area contributed by atoms with Crippen molar-refractivity contribution >= 4 is 17.9 Å². The number of hydrogen-bond donors (Lipinski definition) is 0. The van der Waals surface area contributed by atoms with Crippen LogP contribution in [-0.2, 0) is 28.6 Å². The van der Waals surface area contributed by atoms with Crippen LogP contribution >= 0.6 is 0 Å². The molecule has 6 heteroatoms. The van der Waals surface area contributed by atoms with Gasteiger partial charge < -0.3 is 14.2 Å². The Balaban J connectivity index is 4.44. The van der Waals surface area contributed by atoms with Crippen molar-refractivity contribution in [2.45, 2.75) is 284 Å². The summed E-state index contributed by atoms with van der Waals surface area (Å²) in [5.74, 6) is -0.939. The van der Waals surface area contributed by atoms with E-state index in [9.17, 15) is 14.4 Å². The van der Waals surface area contributed by atoms with Crippen LogP contribution in [0.25, 0.3) is 0 Å². The molecule has 0 heterocycles. The molecule has 0 amide bonds. The minimum atomic E-state index is -0.798. The summed E-state index contributed by atoms with van der Waals surface area (Å²) in [7, 11) is 0. The van der Waals surface area contributed by atoms with Gasteiger partial charge in [0.15, 0.2) is 6.10 Å². The van der Waals surface area contributed by atoms with Crippen LogP contribution in [-0.4, -0.2) is 37.2 Å². The number of hydrogen-bond acceptors (Lipinski definition) is 6. The third kappa shape index (κ3) is 50.2. The summed E-state index contributed by atoms with van der Waals surface area (Å²) in [4.78, 5) is 38.0. The first-order valence-corrected chi connectivity index (χ1v) is 27.1. The van der Waals surface area contributed by atoms with E-state index >= 15 is 0 Å². The van der Waals surface area contributed by atoms with E-state index in [1.54, 1.807) is 0 Å². The molecule has 0 aromatic heterocycles. The van der Waals surface area contributed by atoms with Crippen molar-refractivity contribution < 1.29 is 28.6 Å². The highest BCUT2D eigenvalue weighted by Gasteiger charge is 2.19. The molecule has 0 radical (unpaired) electrons. The Hall–Kier alpha value is -2.63. The van der Waals surface area contributed by atoms with Gasteiger partial charge in [-0.3, -0.25) is 14.4 Å². The zero-order chi connectivity index (χ0) is 45.8. The summed E-state index contributed by atoms with van der Waals surface area (Å²) in [6.07, 6.45) is 62.4. The van der Waals surface area contributed by atoms with Crippen molar-refractivity contribution in [3.05, 3.63) is 48.6 Å². The fraction of sp³-hybridized carbons (Fsp3) is 0.807. The highest BCUT2D eigenvalue weighted by atomic mass is 16.6. The second-order valence-electron chi connectivity index (χ2n) is 18.1. The van der Waals surface area contributed by atoms with Gasteiger partial charge in [-0.1, -0.05) is 230 Å². The van der Waals surface area contributed by atoms with Crippen molar-refractivity contribution in [3.63, 3.8) is 0 Å². The number of unbranched alkanes of at least 4 members (excludes halogenated alkanes) is 30. The Kier molecular flexibility index (Phi) is 49.8. The average molecular weight is 883 g/mol. The molecule has 0 aromatic carbocycles. The molecule has 0 fully saturated rings. The standard InChI is InChI=1S/C57H102O6/c1-4-7-10-13-16-19-22-25-27-28-30-33-36-39-42-45-48-51-57(60)63-54(52-61-55(58)49-46-43-40-37-34-31-24-21-18-15-12-9-6-3)53-62-56(59)50-47-44-41-38-35-32-29-26-23-20-17-14-11-8-5-2/h20,23,25,27,30,33,39,42,54H,4-19,21-22,24,26,28-29,31-32,34-38,40-41,43-53H2,1-3H3/b23-20-,27-25-,33-30-,42-39-/t54-/m0/s1. The van der Waals surface area contributed by atoms with Crippen LogP contribution in [0.3, 0.4) is 0 Å². The lowest BCUT2D eigenvalue weighted by molar-refractivity contribution is -0.167. The molecule has 1 atom stereocenters. The molecule has 0 unspecified atom stereocenters. The van der Waals surface area contributed by atoms with E-state index in [2.05, 4.69) is 69.4 Å². The van der Waals surface area contributed by atoms with E-state index in [-0.39, 0.29) is 37.5 Å². The Morgan fingerprint density at radius 2 is 0.587 bits per heavy atom. The fourth-order valence-electron chi connectivity index (χ4n) is 7.69. The second kappa shape index (κ2) is 52.0. The molecule has 0 aromatic rings. The van der Waals surface area contributed by atoms with Crippen molar-refractivity contribution in [1.82, 2.24) is 0 Å². The summed E-state index contributed by atoms with van der Waals surface area (Å²) >= 11 is 0. The SMILES string of the molecule is CCCCCC/C=C\CCCCCCCCCC(=O)OC[C@H](COC(=O)CCCCCCCCCCCCCCC)OC(=O)CCC/C=C\C/C=C\C/C=C\CCCCCCCC. The highest BCUT2D eigenvalue weighted by molar-refractivity contribution is 5.71. The Morgan fingerprint density at radius 1 is 0.317 bits per heavy atom. The lowest BCUT2D eigenvalue weighted by Crippen LogP contribution is -2.30. The maximum absolute atomic E-state index is 12.8. The maximum Gasteiger partial charge on any atom is 0.306 e. The molecule has 0 aliphatic rings. The highest BCUT2D eigenvalue weighted by Crippen LogP contribution is 2.15. The summed E-state index contributed by atoms with van der Waals surface area (Å²) in [6.45, 7) is 6.59. The zero-order valence-corrected chi connectivity index (χ0v) is 41.8. The number of carbonyl (C=O) groups is 3. The molecule has 366 valence electrons. The molecule has 63 heavy (non-hydrogen) atoms. The van der Waals surface area contributed by atoms with Crippen LogP contribution < -0.4 is 0 Å². The lowest BCUT2D eigenvalue weighted by atomic mass is 10.0. The summed E-state index contributed by atoms with van der Waals surface area (Å²) in [5, 5.41) is 0. The molecule has 0 spiro atoms. The largest absolute Gasteiger partial charge is 0.462 e. The van der Waals surface area contributed by atoms with Crippen molar-refractivity contribution in [2.24, 2.45) is 0 Å². The monoisotopic (exact) mass is 883 g/mol. The van der Waals surface area contributed by atoms with Crippen LogP contribution in [0.2, 0.25) is 0 Å². The normalized spacial score (nSPS) is 12.4. The predicted octanol–water partition coefficient (Wildman–Crippen LogP) is 17.9. The molecule has 0 N–H and O–H groups in total. The van der Waals surface area contributed by atoms with Crippen LogP contribution in [0, 0.1) is 0 Å². The van der Waals surface area contributed by atoms with Gasteiger partial charge in [0.2, 0.25) is 0 Å². The van der Waals surface area contributed by atoms with E-state index in [1.165, 1.54) is 173 Å². The van der Waals surface area contributed by atoms with Gasteiger partial charge in [0.25, 0.3) is 0 Å². The van der Waals surface area contributed by atoms with Gasteiger partial charge in [-0.2, -0.15) is 0 Å². The first-order valence-electron chi connectivity index (χ1n) is 27.1. The van der Waals surface area contributed by atoms with Crippen molar-refractivity contribution in [2.75, 3.05) is 13.2 Å². The number of carbonyl (C=O) groups excluding carboxylic acids is 3. The van der Waals surface area contributed by atoms with Gasteiger partial charge in [0, 0.05) is 19.3 Å². The minimum Gasteiger partial charge on any atom is -0.462 e. The molecule has 0 aliphatic carbocycles. The van der Waals surface area contributed by atoms with Crippen LogP contribution in [0.1, 0.15) is 278 Å². The number of esters is 3. The topological polar surface area (TPSA) is 78.9 Å². The molecule has 6 nitrogen and oxygen atoms in total. The second-order valence-corrected chi connectivity index (χ2v) is 18.1. The van der Waals surface area contributed by atoms with E-state index in [0.29, 0.717) is 19.3 Å². The first kappa shape index (κ1) is 60.4. The van der Waals surface area contributed by atoms with E-state index in [1.807, 2.05) is 0 Å². The minimum absolute atomic E-state index is 0.0917. The Morgan fingerprint density at radius 3 is 0.968 bits per heavy atom. The van der Waals surface area contributed by atoms with E-state index < -0.39 is 6.10 Å². The number of rotatable bonds is 49. The molecular formula is C57H102O6. The predicted molar refractivity (Wildman–Crippen MR) is 270 cm³/mol. The van der Waals surface area contributed by atoms with Gasteiger partial charge >= 0.3 is 17.9 Å². The van der Waals surface area contributed by atoms with E-state index in [0.717, 1.165) is 57.8 Å². The smallest absolute Gasteiger partial charge is 0.306 e.